The molecule has 1 heterocycles. The normalized spacial score (nSPS) is 25.7. The van der Waals surface area contributed by atoms with Crippen molar-refractivity contribution in [2.24, 2.45) is 11.3 Å². The molecule has 1 spiro atoms. The van der Waals surface area contributed by atoms with Crippen molar-refractivity contribution in [2.45, 2.75) is 59.4 Å². The highest BCUT2D eigenvalue weighted by Gasteiger charge is 2.56. The van der Waals surface area contributed by atoms with Crippen LogP contribution in [-0.2, 0) is 19.1 Å². The first-order valence-corrected chi connectivity index (χ1v) is 10.1. The van der Waals surface area contributed by atoms with Crippen LogP contribution in [0.2, 0.25) is 0 Å². The van der Waals surface area contributed by atoms with Gasteiger partial charge < -0.3 is 15.0 Å². The van der Waals surface area contributed by atoms with Crippen LogP contribution in [0.5, 0.6) is 0 Å². The smallest absolute Gasteiger partial charge is 0.326 e. The summed E-state index contributed by atoms with van der Waals surface area (Å²) < 4.78 is 5.03. The number of urea groups is 1. The SMILES string of the molecule is C=C(C)CN(CC)C(=O)COC(=O)CN1C(=O)NC2(CC(C)CC(C)(C)C2)C1=O. The minimum absolute atomic E-state index is 0.0869. The Morgan fingerprint density at radius 3 is 2.52 bits per heavy atom. The Morgan fingerprint density at radius 1 is 1.31 bits per heavy atom. The molecule has 4 amide bonds. The van der Waals surface area contributed by atoms with E-state index in [1.807, 2.05) is 13.8 Å². The third-order valence-electron chi connectivity index (χ3n) is 5.46. The van der Waals surface area contributed by atoms with Crippen molar-refractivity contribution in [3.8, 4) is 0 Å². The molecule has 0 aromatic rings. The fraction of sp³-hybridized carbons (Fsp3) is 0.714. The van der Waals surface area contributed by atoms with Crippen LogP contribution in [0.25, 0.3) is 0 Å². The summed E-state index contributed by atoms with van der Waals surface area (Å²) >= 11 is 0. The molecule has 2 aliphatic rings. The first-order valence-electron chi connectivity index (χ1n) is 10.1. The topological polar surface area (TPSA) is 96.0 Å². The number of ether oxygens (including phenoxy) is 1. The molecule has 0 aromatic carbocycles. The number of rotatable bonds is 7. The number of nitrogens with zero attached hydrogens (tertiary/aromatic N) is 2. The zero-order chi connectivity index (χ0) is 22.0. The number of esters is 1. The lowest BCUT2D eigenvalue weighted by molar-refractivity contribution is -0.154. The highest BCUT2D eigenvalue weighted by atomic mass is 16.5. The van der Waals surface area contributed by atoms with E-state index in [2.05, 4.69) is 32.7 Å². The van der Waals surface area contributed by atoms with Gasteiger partial charge in [-0.1, -0.05) is 32.9 Å². The summed E-state index contributed by atoms with van der Waals surface area (Å²) in [6, 6.07) is -0.583. The molecule has 2 fully saturated rings. The summed E-state index contributed by atoms with van der Waals surface area (Å²) in [7, 11) is 0. The average molecular weight is 408 g/mol. The summed E-state index contributed by atoms with van der Waals surface area (Å²) in [6.07, 6.45) is 2.06. The second kappa shape index (κ2) is 8.55. The second-order valence-corrected chi connectivity index (χ2v) is 9.28. The zero-order valence-corrected chi connectivity index (χ0v) is 18.2. The van der Waals surface area contributed by atoms with E-state index in [9.17, 15) is 19.2 Å². The van der Waals surface area contributed by atoms with Gasteiger partial charge in [-0.25, -0.2) is 4.79 Å². The van der Waals surface area contributed by atoms with E-state index in [0.717, 1.165) is 16.9 Å². The van der Waals surface area contributed by atoms with E-state index in [-0.39, 0.29) is 23.1 Å². The predicted octanol–water partition coefficient (Wildman–Crippen LogP) is 2.09. The van der Waals surface area contributed by atoms with E-state index in [4.69, 9.17) is 4.74 Å². The van der Waals surface area contributed by atoms with E-state index >= 15 is 0 Å². The monoisotopic (exact) mass is 407 g/mol. The lowest BCUT2D eigenvalue weighted by atomic mass is 9.64. The van der Waals surface area contributed by atoms with Crippen LogP contribution in [-0.4, -0.2) is 65.4 Å². The molecule has 2 unspecified atom stereocenters. The summed E-state index contributed by atoms with van der Waals surface area (Å²) in [4.78, 5) is 52.3. The maximum Gasteiger partial charge on any atom is 0.326 e. The van der Waals surface area contributed by atoms with Gasteiger partial charge in [0.15, 0.2) is 6.61 Å². The third kappa shape index (κ3) is 5.36. The Bertz CT molecular complexity index is 717. The van der Waals surface area contributed by atoms with Crippen molar-refractivity contribution in [1.82, 2.24) is 15.1 Å². The molecule has 1 saturated carbocycles. The van der Waals surface area contributed by atoms with Crippen molar-refractivity contribution < 1.29 is 23.9 Å². The quantitative estimate of drug-likeness (QED) is 0.396. The molecule has 8 nitrogen and oxygen atoms in total. The largest absolute Gasteiger partial charge is 0.454 e. The standard InChI is InChI=1S/C21H33N3O5/c1-7-23(10-14(2)3)16(25)12-29-17(26)11-24-18(27)21(22-19(24)28)9-15(4)8-20(5,6)13-21/h15H,2,7-13H2,1,3-6H3,(H,22,28). The van der Waals surface area contributed by atoms with Gasteiger partial charge in [0.25, 0.3) is 11.8 Å². The number of carbonyl (C=O) groups excluding carboxylic acids is 4. The molecular formula is C21H33N3O5. The maximum atomic E-state index is 13.0. The van der Waals surface area contributed by atoms with Gasteiger partial charge in [-0.2, -0.15) is 0 Å². The molecule has 0 radical (unpaired) electrons. The number of hydrogen-bond acceptors (Lipinski definition) is 5. The van der Waals surface area contributed by atoms with Crippen molar-refractivity contribution >= 4 is 23.8 Å². The van der Waals surface area contributed by atoms with E-state index in [0.29, 0.717) is 25.9 Å². The fourth-order valence-electron chi connectivity index (χ4n) is 4.76. The van der Waals surface area contributed by atoms with Crippen LogP contribution in [0.1, 0.15) is 53.9 Å². The van der Waals surface area contributed by atoms with Gasteiger partial charge in [-0.3, -0.25) is 19.3 Å². The first-order chi connectivity index (χ1) is 13.4. The maximum absolute atomic E-state index is 13.0. The van der Waals surface area contributed by atoms with Gasteiger partial charge >= 0.3 is 12.0 Å². The fourth-order valence-corrected chi connectivity index (χ4v) is 4.76. The van der Waals surface area contributed by atoms with Gasteiger partial charge in [-0.05, 0) is 44.4 Å². The molecule has 0 aromatic heterocycles. The van der Waals surface area contributed by atoms with Crippen LogP contribution in [0, 0.1) is 11.3 Å². The van der Waals surface area contributed by atoms with Gasteiger partial charge in [0, 0.05) is 13.1 Å². The second-order valence-electron chi connectivity index (χ2n) is 9.28. The Labute approximate surface area is 172 Å². The molecule has 2 atom stereocenters. The number of imide groups is 1. The van der Waals surface area contributed by atoms with Gasteiger partial charge in [0.05, 0.1) is 0 Å². The number of hydrogen-bond donors (Lipinski definition) is 1. The number of likely N-dealkylation sites (N-methyl/N-ethyl adjacent to an activating group) is 1. The third-order valence-corrected chi connectivity index (χ3v) is 5.46. The Hall–Kier alpha value is -2.38. The van der Waals surface area contributed by atoms with Crippen molar-refractivity contribution in [1.29, 1.82) is 0 Å². The minimum atomic E-state index is -0.963. The molecule has 1 N–H and O–H groups in total. The molecule has 162 valence electrons. The first kappa shape index (κ1) is 22.9. The molecule has 1 aliphatic heterocycles. The van der Waals surface area contributed by atoms with E-state index in [1.165, 1.54) is 4.90 Å². The van der Waals surface area contributed by atoms with Gasteiger partial charge in [0.2, 0.25) is 0 Å². The highest BCUT2D eigenvalue weighted by Crippen LogP contribution is 2.46. The van der Waals surface area contributed by atoms with Crippen molar-refractivity contribution in [3.63, 3.8) is 0 Å². The Kier molecular flexibility index (Phi) is 6.75. The van der Waals surface area contributed by atoms with Crippen molar-refractivity contribution in [3.05, 3.63) is 12.2 Å². The van der Waals surface area contributed by atoms with Crippen LogP contribution in [0.3, 0.4) is 0 Å². The summed E-state index contributed by atoms with van der Waals surface area (Å²) in [5.74, 6) is -1.24. The molecule has 1 aliphatic carbocycles. The van der Waals surface area contributed by atoms with Crippen LogP contribution in [0.4, 0.5) is 4.79 Å². The van der Waals surface area contributed by atoms with E-state index < -0.39 is 30.7 Å². The zero-order valence-electron chi connectivity index (χ0n) is 18.2. The molecule has 29 heavy (non-hydrogen) atoms. The summed E-state index contributed by atoms with van der Waals surface area (Å²) in [5, 5.41) is 2.82. The van der Waals surface area contributed by atoms with E-state index in [1.54, 1.807) is 0 Å². The Morgan fingerprint density at radius 2 is 1.97 bits per heavy atom. The lowest BCUT2D eigenvalue weighted by Gasteiger charge is -2.43. The predicted molar refractivity (Wildman–Crippen MR) is 108 cm³/mol. The van der Waals surface area contributed by atoms with Crippen LogP contribution < -0.4 is 5.32 Å². The summed E-state index contributed by atoms with van der Waals surface area (Å²) in [5.41, 5.74) is -0.230. The molecule has 0 bridgehead atoms. The van der Waals surface area contributed by atoms with Crippen LogP contribution >= 0.6 is 0 Å². The summed E-state index contributed by atoms with van der Waals surface area (Å²) in [6.45, 7) is 13.5. The molecular weight excluding hydrogens is 374 g/mol. The van der Waals surface area contributed by atoms with Gasteiger partial charge in [0.1, 0.15) is 12.1 Å². The Balaban J connectivity index is 1.97. The number of carbonyl (C=O) groups is 4. The van der Waals surface area contributed by atoms with Crippen molar-refractivity contribution in [2.75, 3.05) is 26.2 Å². The van der Waals surface area contributed by atoms with Gasteiger partial charge in [-0.15, -0.1) is 0 Å². The van der Waals surface area contributed by atoms with Crippen LogP contribution in [0.15, 0.2) is 12.2 Å². The molecule has 1 saturated heterocycles. The highest BCUT2D eigenvalue weighted by molar-refractivity contribution is 6.08. The number of nitrogens with one attached hydrogen (secondary N) is 1. The molecule has 2 rings (SSSR count). The average Bonchev–Trinajstić information content (AvgIpc) is 2.78. The lowest BCUT2D eigenvalue weighted by Crippen LogP contribution is -2.54. The molecule has 8 heteroatoms. The number of amides is 4. The minimum Gasteiger partial charge on any atom is -0.454 e.